The highest BCUT2D eigenvalue weighted by Gasteiger charge is 2.16. The fourth-order valence-electron chi connectivity index (χ4n) is 3.21. The molecule has 0 aliphatic rings. The smallest absolute Gasteiger partial charge is 0.259 e. The summed E-state index contributed by atoms with van der Waals surface area (Å²) in [4.78, 5) is 25.1. The summed E-state index contributed by atoms with van der Waals surface area (Å²) in [6.45, 7) is 2.14. The van der Waals surface area contributed by atoms with Gasteiger partial charge >= 0.3 is 0 Å². The van der Waals surface area contributed by atoms with Gasteiger partial charge in [0.2, 0.25) is 0 Å². The molecule has 0 saturated carbocycles. The average molecular weight is 498 g/mol. The Morgan fingerprint density at radius 3 is 2.58 bits per heavy atom. The lowest BCUT2D eigenvalue weighted by atomic mass is 10.2. The summed E-state index contributed by atoms with van der Waals surface area (Å²) in [5.74, 6) is -0.302. The molecular formula is C23H18BrClN4O2. The third-order valence-corrected chi connectivity index (χ3v) is 5.76. The quantitative estimate of drug-likeness (QED) is 0.419. The normalized spacial score (nSPS) is 10.8. The molecular weight excluding hydrogens is 480 g/mol. The molecule has 0 fully saturated rings. The predicted octanol–water partition coefficient (Wildman–Crippen LogP) is 5.06. The van der Waals surface area contributed by atoms with Crippen molar-refractivity contribution in [1.29, 1.82) is 0 Å². The third kappa shape index (κ3) is 4.62. The Hall–Kier alpha value is -3.16. The second kappa shape index (κ2) is 8.91. The fraction of sp³-hybridized carbons (Fsp3) is 0.0870. The highest BCUT2D eigenvalue weighted by atomic mass is 79.9. The van der Waals surface area contributed by atoms with Crippen LogP contribution in [0.3, 0.4) is 0 Å². The summed E-state index contributed by atoms with van der Waals surface area (Å²) < 4.78 is 4.18. The zero-order valence-corrected chi connectivity index (χ0v) is 18.9. The number of pyridine rings is 1. The molecule has 0 aliphatic carbocycles. The van der Waals surface area contributed by atoms with E-state index >= 15 is 0 Å². The minimum absolute atomic E-state index is 0.183. The van der Waals surface area contributed by atoms with E-state index in [-0.39, 0.29) is 11.5 Å². The van der Waals surface area contributed by atoms with Crippen LogP contribution in [0.1, 0.15) is 21.6 Å². The lowest BCUT2D eigenvalue weighted by Gasteiger charge is -2.11. The highest BCUT2D eigenvalue weighted by Crippen LogP contribution is 2.19. The number of benzene rings is 2. The van der Waals surface area contributed by atoms with Gasteiger partial charge in [-0.3, -0.25) is 9.59 Å². The molecule has 2 aromatic carbocycles. The van der Waals surface area contributed by atoms with Crippen molar-refractivity contribution in [3.05, 3.63) is 110 Å². The standard InChI is InChI=1S/C23H18BrClN4O2/c1-15-20(12-26-29(15)19-9-6-17(24)7-10-19)23(31)27-18-8-11-22(30)28(14-18)13-16-4-2-3-5-21(16)25/h2-12,14H,13H2,1H3,(H,27,31). The maximum Gasteiger partial charge on any atom is 0.259 e. The van der Waals surface area contributed by atoms with Crippen molar-refractivity contribution in [3.8, 4) is 5.69 Å². The number of carbonyl (C=O) groups excluding carboxylic acids is 1. The van der Waals surface area contributed by atoms with Crippen LogP contribution in [0, 0.1) is 6.92 Å². The first-order chi connectivity index (χ1) is 14.9. The zero-order valence-electron chi connectivity index (χ0n) is 16.5. The largest absolute Gasteiger partial charge is 0.321 e. The van der Waals surface area contributed by atoms with Gasteiger partial charge in [0.05, 0.1) is 35.4 Å². The molecule has 0 aliphatic heterocycles. The number of nitrogens with one attached hydrogen (secondary N) is 1. The first-order valence-electron chi connectivity index (χ1n) is 9.48. The van der Waals surface area contributed by atoms with E-state index in [4.69, 9.17) is 11.6 Å². The van der Waals surface area contributed by atoms with Crippen LogP contribution in [0.15, 0.2) is 82.3 Å². The molecule has 1 amide bonds. The number of hydrogen-bond donors (Lipinski definition) is 1. The van der Waals surface area contributed by atoms with E-state index in [1.54, 1.807) is 23.0 Å². The van der Waals surface area contributed by atoms with Gasteiger partial charge in [-0.15, -0.1) is 0 Å². The van der Waals surface area contributed by atoms with Crippen LogP contribution in [0.5, 0.6) is 0 Å². The molecule has 4 rings (SSSR count). The molecule has 0 atom stereocenters. The van der Waals surface area contributed by atoms with Crippen molar-refractivity contribution in [2.24, 2.45) is 0 Å². The van der Waals surface area contributed by atoms with Gasteiger partial charge in [-0.05, 0) is 48.9 Å². The Kier molecular flexibility index (Phi) is 6.06. The lowest BCUT2D eigenvalue weighted by molar-refractivity contribution is 0.102. The van der Waals surface area contributed by atoms with Gasteiger partial charge in [-0.25, -0.2) is 4.68 Å². The Balaban J connectivity index is 1.56. The van der Waals surface area contributed by atoms with Crippen molar-refractivity contribution in [2.45, 2.75) is 13.5 Å². The van der Waals surface area contributed by atoms with Crippen LogP contribution >= 0.6 is 27.5 Å². The van der Waals surface area contributed by atoms with Crippen LogP contribution in [0.4, 0.5) is 5.69 Å². The van der Waals surface area contributed by atoms with E-state index in [1.165, 1.54) is 16.8 Å². The Bertz CT molecular complexity index is 1310. The number of aromatic nitrogens is 3. The van der Waals surface area contributed by atoms with E-state index in [0.717, 1.165) is 15.7 Å². The maximum absolute atomic E-state index is 12.9. The van der Waals surface area contributed by atoms with Gasteiger partial charge in [0.25, 0.3) is 11.5 Å². The monoisotopic (exact) mass is 496 g/mol. The molecule has 2 aromatic heterocycles. The molecule has 0 radical (unpaired) electrons. The van der Waals surface area contributed by atoms with E-state index in [1.807, 2.05) is 49.4 Å². The topological polar surface area (TPSA) is 68.9 Å². The minimum atomic E-state index is -0.302. The minimum Gasteiger partial charge on any atom is -0.321 e. The molecule has 0 spiro atoms. The maximum atomic E-state index is 12.9. The van der Waals surface area contributed by atoms with Crippen molar-refractivity contribution < 1.29 is 4.79 Å². The molecule has 0 saturated heterocycles. The molecule has 8 heteroatoms. The van der Waals surface area contributed by atoms with Gasteiger partial charge in [0.1, 0.15) is 0 Å². The SMILES string of the molecule is Cc1c(C(=O)Nc2ccc(=O)n(Cc3ccccc3Cl)c2)cnn1-c1ccc(Br)cc1. The molecule has 4 aromatic rings. The second-order valence-electron chi connectivity index (χ2n) is 6.96. The zero-order chi connectivity index (χ0) is 22.0. The van der Waals surface area contributed by atoms with Gasteiger partial charge < -0.3 is 9.88 Å². The average Bonchev–Trinajstić information content (AvgIpc) is 3.14. The van der Waals surface area contributed by atoms with Crippen LogP contribution in [-0.4, -0.2) is 20.3 Å². The lowest BCUT2D eigenvalue weighted by Crippen LogP contribution is -2.21. The molecule has 0 bridgehead atoms. The summed E-state index contributed by atoms with van der Waals surface area (Å²) in [6, 6.07) is 18.0. The Labute approximate surface area is 192 Å². The molecule has 6 nitrogen and oxygen atoms in total. The summed E-state index contributed by atoms with van der Waals surface area (Å²) in [6.07, 6.45) is 3.14. The van der Waals surface area contributed by atoms with Crippen LogP contribution in [0.2, 0.25) is 5.02 Å². The van der Waals surface area contributed by atoms with Crippen LogP contribution < -0.4 is 10.9 Å². The number of rotatable bonds is 5. The number of amides is 1. The fourth-order valence-corrected chi connectivity index (χ4v) is 3.67. The summed E-state index contributed by atoms with van der Waals surface area (Å²) >= 11 is 9.62. The second-order valence-corrected chi connectivity index (χ2v) is 8.28. The molecule has 156 valence electrons. The van der Waals surface area contributed by atoms with E-state index < -0.39 is 0 Å². The van der Waals surface area contributed by atoms with Gasteiger partial charge in [-0.2, -0.15) is 5.10 Å². The first-order valence-corrected chi connectivity index (χ1v) is 10.7. The first kappa shape index (κ1) is 21.1. The van der Waals surface area contributed by atoms with E-state index in [0.29, 0.717) is 28.5 Å². The molecule has 31 heavy (non-hydrogen) atoms. The van der Waals surface area contributed by atoms with Crippen molar-refractivity contribution >= 4 is 39.1 Å². The predicted molar refractivity (Wildman–Crippen MR) is 125 cm³/mol. The molecule has 2 heterocycles. The van der Waals surface area contributed by atoms with Crippen LogP contribution in [-0.2, 0) is 6.54 Å². The van der Waals surface area contributed by atoms with Crippen molar-refractivity contribution in [2.75, 3.05) is 5.32 Å². The number of anilines is 1. The highest BCUT2D eigenvalue weighted by molar-refractivity contribution is 9.10. The Morgan fingerprint density at radius 2 is 1.84 bits per heavy atom. The summed E-state index contributed by atoms with van der Waals surface area (Å²) in [5, 5.41) is 7.78. The van der Waals surface area contributed by atoms with Gasteiger partial charge in [0, 0.05) is 21.8 Å². The molecule has 1 N–H and O–H groups in total. The van der Waals surface area contributed by atoms with E-state index in [9.17, 15) is 9.59 Å². The third-order valence-electron chi connectivity index (χ3n) is 4.87. The van der Waals surface area contributed by atoms with Crippen molar-refractivity contribution in [3.63, 3.8) is 0 Å². The number of hydrogen-bond acceptors (Lipinski definition) is 3. The number of halogens is 2. The summed E-state index contributed by atoms with van der Waals surface area (Å²) in [5.41, 5.74) is 3.16. The van der Waals surface area contributed by atoms with Gasteiger partial charge in [-0.1, -0.05) is 45.7 Å². The van der Waals surface area contributed by atoms with Crippen LogP contribution in [0.25, 0.3) is 5.69 Å². The van der Waals surface area contributed by atoms with Crippen molar-refractivity contribution in [1.82, 2.24) is 14.3 Å². The number of carbonyl (C=O) groups is 1. The van der Waals surface area contributed by atoms with Gasteiger partial charge in [0.15, 0.2) is 0 Å². The summed E-state index contributed by atoms with van der Waals surface area (Å²) in [7, 11) is 0. The van der Waals surface area contributed by atoms with E-state index in [2.05, 4.69) is 26.3 Å². The number of nitrogens with zero attached hydrogens (tertiary/aromatic N) is 3. The molecule has 0 unspecified atom stereocenters. The Morgan fingerprint density at radius 1 is 1.10 bits per heavy atom.